The van der Waals surface area contributed by atoms with E-state index in [0.717, 1.165) is 41.9 Å². The molecular formula is C18H20N4O2. The predicted octanol–water partition coefficient (Wildman–Crippen LogP) is 3.16. The largest absolute Gasteiger partial charge is 0.449 e. The van der Waals surface area contributed by atoms with E-state index >= 15 is 0 Å². The van der Waals surface area contributed by atoms with Crippen LogP contribution in [0.25, 0.3) is 11.1 Å². The fraction of sp³-hybridized carbons (Fsp3) is 0.389. The summed E-state index contributed by atoms with van der Waals surface area (Å²) < 4.78 is 7.55. The molecule has 1 saturated heterocycles. The number of rotatable bonds is 2. The standard InChI is InChI=1S/C18H20N4O2/c1-11-6-7-16-14(19-11)9-17(24-16)18(23)22-8-4-5-15(22)13-10-21(3)20-12(13)2/h6-7,9-10,15H,4-5,8H2,1-3H3. The van der Waals surface area contributed by atoms with Gasteiger partial charge in [0.1, 0.15) is 5.52 Å². The summed E-state index contributed by atoms with van der Waals surface area (Å²) in [6.07, 6.45) is 3.95. The van der Waals surface area contributed by atoms with Gasteiger partial charge in [0.15, 0.2) is 11.3 Å². The van der Waals surface area contributed by atoms with Crippen LogP contribution in [0.2, 0.25) is 0 Å². The third kappa shape index (κ3) is 2.38. The summed E-state index contributed by atoms with van der Waals surface area (Å²) in [7, 11) is 1.91. The average Bonchev–Trinajstić information content (AvgIpc) is 3.23. The second-order valence-electron chi connectivity index (χ2n) is 6.45. The van der Waals surface area contributed by atoms with Crippen molar-refractivity contribution in [1.29, 1.82) is 0 Å². The number of likely N-dealkylation sites (tertiary alicyclic amines) is 1. The molecule has 1 atom stereocenters. The van der Waals surface area contributed by atoms with Crippen LogP contribution in [0.4, 0.5) is 0 Å². The van der Waals surface area contributed by atoms with Gasteiger partial charge >= 0.3 is 0 Å². The van der Waals surface area contributed by atoms with Crippen molar-refractivity contribution in [2.24, 2.45) is 7.05 Å². The molecule has 3 aromatic rings. The van der Waals surface area contributed by atoms with Crippen molar-refractivity contribution in [1.82, 2.24) is 19.7 Å². The normalized spacial score (nSPS) is 17.8. The van der Waals surface area contributed by atoms with E-state index < -0.39 is 0 Å². The van der Waals surface area contributed by atoms with Crippen LogP contribution in [0.15, 0.2) is 28.8 Å². The lowest BCUT2D eigenvalue weighted by Crippen LogP contribution is -2.30. The SMILES string of the molecule is Cc1ccc2oc(C(=O)N3CCCC3c3cn(C)nc3C)cc2n1. The highest BCUT2D eigenvalue weighted by Gasteiger charge is 2.34. The first-order valence-corrected chi connectivity index (χ1v) is 8.21. The lowest BCUT2D eigenvalue weighted by atomic mass is 10.1. The number of amides is 1. The molecule has 4 heterocycles. The molecule has 6 nitrogen and oxygen atoms in total. The first-order valence-electron chi connectivity index (χ1n) is 8.21. The molecule has 0 radical (unpaired) electrons. The van der Waals surface area contributed by atoms with E-state index in [2.05, 4.69) is 10.1 Å². The summed E-state index contributed by atoms with van der Waals surface area (Å²) in [4.78, 5) is 19.3. The maximum atomic E-state index is 13.0. The van der Waals surface area contributed by atoms with Crippen LogP contribution in [0.5, 0.6) is 0 Å². The minimum atomic E-state index is -0.0728. The second kappa shape index (κ2) is 5.47. The first-order chi connectivity index (χ1) is 11.5. The van der Waals surface area contributed by atoms with E-state index in [0.29, 0.717) is 11.3 Å². The first kappa shape index (κ1) is 14.9. The molecule has 0 bridgehead atoms. The monoisotopic (exact) mass is 324 g/mol. The van der Waals surface area contributed by atoms with E-state index in [1.807, 2.05) is 44.1 Å². The van der Waals surface area contributed by atoms with Crippen molar-refractivity contribution in [3.63, 3.8) is 0 Å². The molecule has 0 aliphatic carbocycles. The van der Waals surface area contributed by atoms with Crippen LogP contribution in [-0.2, 0) is 7.05 Å². The number of fused-ring (bicyclic) bond motifs is 1. The molecule has 124 valence electrons. The van der Waals surface area contributed by atoms with Gasteiger partial charge in [-0.2, -0.15) is 5.10 Å². The molecule has 6 heteroatoms. The van der Waals surface area contributed by atoms with Crippen molar-refractivity contribution in [2.45, 2.75) is 32.7 Å². The minimum absolute atomic E-state index is 0.0640. The number of aryl methyl sites for hydroxylation is 3. The lowest BCUT2D eigenvalue weighted by molar-refractivity contribution is 0.0705. The molecule has 1 amide bonds. The maximum Gasteiger partial charge on any atom is 0.290 e. The quantitative estimate of drug-likeness (QED) is 0.726. The number of carbonyl (C=O) groups excluding carboxylic acids is 1. The summed E-state index contributed by atoms with van der Waals surface area (Å²) in [5, 5.41) is 4.41. The van der Waals surface area contributed by atoms with Gasteiger partial charge in [-0.25, -0.2) is 4.98 Å². The molecule has 1 aliphatic rings. The van der Waals surface area contributed by atoms with Crippen LogP contribution in [0.3, 0.4) is 0 Å². The zero-order valence-electron chi connectivity index (χ0n) is 14.1. The third-order valence-electron chi connectivity index (χ3n) is 4.65. The Morgan fingerprint density at radius 2 is 2.17 bits per heavy atom. The highest BCUT2D eigenvalue weighted by molar-refractivity contribution is 5.95. The maximum absolute atomic E-state index is 13.0. The number of hydrogen-bond acceptors (Lipinski definition) is 4. The van der Waals surface area contributed by atoms with E-state index in [1.165, 1.54) is 0 Å². The van der Waals surface area contributed by atoms with Gasteiger partial charge in [-0.1, -0.05) is 0 Å². The van der Waals surface area contributed by atoms with Crippen LogP contribution in [-0.4, -0.2) is 32.1 Å². The summed E-state index contributed by atoms with van der Waals surface area (Å²) in [5.74, 6) is 0.285. The van der Waals surface area contributed by atoms with Crippen molar-refractivity contribution in [2.75, 3.05) is 6.54 Å². The average molecular weight is 324 g/mol. The van der Waals surface area contributed by atoms with E-state index in [1.54, 1.807) is 10.7 Å². The van der Waals surface area contributed by atoms with Gasteiger partial charge in [-0.3, -0.25) is 9.48 Å². The zero-order chi connectivity index (χ0) is 16.8. The molecule has 0 saturated carbocycles. The molecule has 0 aromatic carbocycles. The molecular weight excluding hydrogens is 304 g/mol. The molecule has 1 fully saturated rings. The summed E-state index contributed by atoms with van der Waals surface area (Å²) >= 11 is 0. The van der Waals surface area contributed by atoms with E-state index in [9.17, 15) is 4.79 Å². The number of carbonyl (C=O) groups is 1. The van der Waals surface area contributed by atoms with Crippen molar-refractivity contribution in [3.8, 4) is 0 Å². The molecule has 0 spiro atoms. The molecule has 24 heavy (non-hydrogen) atoms. The fourth-order valence-electron chi connectivity index (χ4n) is 3.55. The smallest absolute Gasteiger partial charge is 0.290 e. The zero-order valence-corrected chi connectivity index (χ0v) is 14.1. The van der Waals surface area contributed by atoms with Crippen LogP contribution >= 0.6 is 0 Å². The Labute approximate surface area is 140 Å². The molecule has 1 aliphatic heterocycles. The van der Waals surface area contributed by atoms with Gasteiger partial charge < -0.3 is 9.32 Å². The lowest BCUT2D eigenvalue weighted by Gasteiger charge is -2.23. The topological polar surface area (TPSA) is 64.2 Å². The Morgan fingerprint density at radius 1 is 1.33 bits per heavy atom. The van der Waals surface area contributed by atoms with Gasteiger partial charge in [0, 0.05) is 37.1 Å². The Balaban J connectivity index is 1.68. The molecule has 4 rings (SSSR count). The fourth-order valence-corrected chi connectivity index (χ4v) is 3.55. The Kier molecular flexibility index (Phi) is 3.40. The van der Waals surface area contributed by atoms with Gasteiger partial charge in [0.05, 0.1) is 11.7 Å². The van der Waals surface area contributed by atoms with Gasteiger partial charge in [-0.15, -0.1) is 0 Å². The summed E-state index contributed by atoms with van der Waals surface area (Å²) in [6.45, 7) is 4.65. The summed E-state index contributed by atoms with van der Waals surface area (Å²) in [6, 6.07) is 5.56. The van der Waals surface area contributed by atoms with Crippen LogP contribution in [0, 0.1) is 13.8 Å². The van der Waals surface area contributed by atoms with Crippen LogP contribution < -0.4 is 0 Å². The van der Waals surface area contributed by atoms with Gasteiger partial charge in [-0.05, 0) is 38.8 Å². The number of nitrogens with zero attached hydrogens (tertiary/aromatic N) is 4. The summed E-state index contributed by atoms with van der Waals surface area (Å²) in [5.41, 5.74) is 4.38. The van der Waals surface area contributed by atoms with E-state index in [-0.39, 0.29) is 11.9 Å². The predicted molar refractivity (Wildman–Crippen MR) is 89.7 cm³/mol. The number of furan rings is 1. The van der Waals surface area contributed by atoms with Crippen molar-refractivity contribution in [3.05, 3.63) is 47.1 Å². The third-order valence-corrected chi connectivity index (χ3v) is 4.65. The molecule has 1 unspecified atom stereocenters. The number of aromatic nitrogens is 3. The van der Waals surface area contributed by atoms with Gasteiger partial charge in [0.2, 0.25) is 0 Å². The highest BCUT2D eigenvalue weighted by atomic mass is 16.3. The van der Waals surface area contributed by atoms with Crippen LogP contribution in [0.1, 0.15) is 46.4 Å². The number of pyridine rings is 1. The van der Waals surface area contributed by atoms with E-state index in [4.69, 9.17) is 4.42 Å². The Hall–Kier alpha value is -2.63. The van der Waals surface area contributed by atoms with Gasteiger partial charge in [0.25, 0.3) is 5.91 Å². The Morgan fingerprint density at radius 3 is 2.92 bits per heavy atom. The second-order valence-corrected chi connectivity index (χ2v) is 6.45. The number of hydrogen-bond donors (Lipinski definition) is 0. The van der Waals surface area contributed by atoms with Crippen molar-refractivity contribution >= 4 is 17.0 Å². The Bertz CT molecular complexity index is 924. The highest BCUT2D eigenvalue weighted by Crippen LogP contribution is 2.35. The van der Waals surface area contributed by atoms with Crippen molar-refractivity contribution < 1.29 is 9.21 Å². The minimum Gasteiger partial charge on any atom is -0.449 e. The molecule has 3 aromatic heterocycles. The molecule has 0 N–H and O–H groups in total.